The molecule has 0 aliphatic carbocycles. The third-order valence-electron chi connectivity index (χ3n) is 5.52. The molecule has 1 saturated heterocycles. The summed E-state index contributed by atoms with van der Waals surface area (Å²) in [6, 6.07) is 13.5. The van der Waals surface area contributed by atoms with Gasteiger partial charge in [0.05, 0.1) is 19.7 Å². The number of likely N-dealkylation sites (N-methyl/N-ethyl adjacent to an activating group) is 1. The quantitative estimate of drug-likeness (QED) is 0.690. The molecule has 158 valence electrons. The minimum atomic E-state index is -0.164. The number of hydrogen-bond donors (Lipinski definition) is 1. The molecule has 0 aromatic heterocycles. The van der Waals surface area contributed by atoms with Crippen molar-refractivity contribution >= 4 is 29.3 Å². The molecule has 2 aromatic carbocycles. The average molecular weight is 428 g/mol. The van der Waals surface area contributed by atoms with Crippen molar-refractivity contribution in [3.8, 4) is 5.75 Å². The Kier molecular flexibility index (Phi) is 6.14. The Morgan fingerprint density at radius 2 is 2.00 bits per heavy atom. The molecule has 0 saturated carbocycles. The van der Waals surface area contributed by atoms with Crippen LogP contribution in [0.25, 0.3) is 6.08 Å². The fourth-order valence-electron chi connectivity index (χ4n) is 4.08. The minimum Gasteiger partial charge on any atom is -0.488 e. The molecule has 30 heavy (non-hydrogen) atoms. The van der Waals surface area contributed by atoms with Crippen molar-refractivity contribution in [2.45, 2.75) is 25.5 Å². The number of halogens is 1. The van der Waals surface area contributed by atoms with Gasteiger partial charge in [0.1, 0.15) is 31.5 Å². The van der Waals surface area contributed by atoms with Crippen molar-refractivity contribution in [1.29, 1.82) is 0 Å². The predicted molar refractivity (Wildman–Crippen MR) is 120 cm³/mol. The standard InChI is InChI=1S/C24H27ClN2O3/c1-27(2,15-22-4-3-11-29-22)14-17-5-8-21(9-6-17)26-24(28)19-12-18-13-20(25)7-10-23(18)30-16-19/h5-10,12-13,22H,3-4,11,14-16H2,1-2H3/p+1/t22-/m1/s1. The first-order valence-electron chi connectivity index (χ1n) is 10.3. The Morgan fingerprint density at radius 3 is 2.73 bits per heavy atom. The van der Waals surface area contributed by atoms with E-state index >= 15 is 0 Å². The van der Waals surface area contributed by atoms with Crippen LogP contribution in [0.3, 0.4) is 0 Å². The molecule has 2 aliphatic rings. The van der Waals surface area contributed by atoms with Crippen LogP contribution >= 0.6 is 11.6 Å². The summed E-state index contributed by atoms with van der Waals surface area (Å²) >= 11 is 6.05. The molecule has 2 aromatic rings. The molecule has 2 heterocycles. The second-order valence-corrected chi connectivity index (χ2v) is 9.14. The lowest BCUT2D eigenvalue weighted by Gasteiger charge is -2.32. The van der Waals surface area contributed by atoms with Gasteiger partial charge < -0.3 is 19.3 Å². The summed E-state index contributed by atoms with van der Waals surface area (Å²) in [6.45, 7) is 3.06. The number of carbonyl (C=O) groups excluding carboxylic acids is 1. The smallest absolute Gasteiger partial charge is 0.255 e. The molecule has 1 fully saturated rings. The van der Waals surface area contributed by atoms with Crippen molar-refractivity contribution in [2.75, 3.05) is 39.2 Å². The van der Waals surface area contributed by atoms with E-state index in [9.17, 15) is 4.79 Å². The van der Waals surface area contributed by atoms with E-state index in [2.05, 4.69) is 31.5 Å². The summed E-state index contributed by atoms with van der Waals surface area (Å²) in [4.78, 5) is 12.7. The topological polar surface area (TPSA) is 47.6 Å². The van der Waals surface area contributed by atoms with E-state index in [1.807, 2.05) is 24.3 Å². The van der Waals surface area contributed by atoms with E-state index < -0.39 is 0 Å². The molecule has 2 aliphatic heterocycles. The van der Waals surface area contributed by atoms with E-state index in [-0.39, 0.29) is 12.5 Å². The molecule has 0 spiro atoms. The normalized spacial score (nSPS) is 18.4. The number of benzene rings is 2. The molecule has 1 atom stereocenters. The number of rotatable bonds is 6. The van der Waals surface area contributed by atoms with Gasteiger partial charge in [-0.25, -0.2) is 0 Å². The molecule has 6 heteroatoms. The van der Waals surface area contributed by atoms with Crippen LogP contribution in [0.1, 0.15) is 24.0 Å². The largest absolute Gasteiger partial charge is 0.488 e. The van der Waals surface area contributed by atoms with Gasteiger partial charge in [0.15, 0.2) is 0 Å². The Hall–Kier alpha value is -2.34. The van der Waals surface area contributed by atoms with Gasteiger partial charge in [-0.3, -0.25) is 4.79 Å². The van der Waals surface area contributed by atoms with E-state index in [0.29, 0.717) is 16.7 Å². The number of nitrogens with one attached hydrogen (secondary N) is 1. The summed E-state index contributed by atoms with van der Waals surface area (Å²) in [6.07, 6.45) is 4.52. The highest BCUT2D eigenvalue weighted by Gasteiger charge is 2.26. The van der Waals surface area contributed by atoms with Gasteiger partial charge in [0, 0.05) is 28.4 Å². The van der Waals surface area contributed by atoms with Crippen molar-refractivity contribution in [3.63, 3.8) is 0 Å². The summed E-state index contributed by atoms with van der Waals surface area (Å²) in [5, 5.41) is 3.58. The highest BCUT2D eigenvalue weighted by molar-refractivity contribution is 6.30. The Bertz CT molecular complexity index is 947. The average Bonchev–Trinajstić information content (AvgIpc) is 3.20. The maximum Gasteiger partial charge on any atom is 0.255 e. The molecule has 1 N–H and O–H groups in total. The summed E-state index contributed by atoms with van der Waals surface area (Å²) in [5.41, 5.74) is 3.40. The van der Waals surface area contributed by atoms with E-state index in [1.165, 1.54) is 12.0 Å². The zero-order valence-electron chi connectivity index (χ0n) is 17.5. The van der Waals surface area contributed by atoms with Crippen LogP contribution in [0.15, 0.2) is 48.0 Å². The molecule has 4 rings (SSSR count). The lowest BCUT2D eigenvalue weighted by atomic mass is 10.1. The van der Waals surface area contributed by atoms with Crippen LogP contribution < -0.4 is 10.1 Å². The SMILES string of the molecule is C[N+](C)(Cc1ccc(NC(=O)C2=Cc3cc(Cl)ccc3OC2)cc1)C[C@H]1CCCO1. The molecular weight excluding hydrogens is 400 g/mol. The molecule has 0 unspecified atom stereocenters. The lowest BCUT2D eigenvalue weighted by molar-refractivity contribution is -0.906. The predicted octanol–water partition coefficient (Wildman–Crippen LogP) is 4.51. The van der Waals surface area contributed by atoms with Crippen molar-refractivity contribution in [3.05, 3.63) is 64.2 Å². The van der Waals surface area contributed by atoms with Crippen LogP contribution in [0.2, 0.25) is 5.02 Å². The first-order valence-corrected chi connectivity index (χ1v) is 10.7. The number of anilines is 1. The number of hydrogen-bond acceptors (Lipinski definition) is 3. The molecule has 0 radical (unpaired) electrons. The highest BCUT2D eigenvalue weighted by atomic mass is 35.5. The van der Waals surface area contributed by atoms with Gasteiger partial charge in [0.25, 0.3) is 5.91 Å². The van der Waals surface area contributed by atoms with E-state index in [4.69, 9.17) is 21.1 Å². The maximum absolute atomic E-state index is 12.7. The lowest BCUT2D eigenvalue weighted by Crippen LogP contribution is -2.44. The van der Waals surface area contributed by atoms with Gasteiger partial charge in [-0.15, -0.1) is 0 Å². The molecule has 1 amide bonds. The van der Waals surface area contributed by atoms with Crippen LogP contribution in [-0.4, -0.2) is 50.3 Å². The molecule has 5 nitrogen and oxygen atoms in total. The number of nitrogens with zero attached hydrogens (tertiary/aromatic N) is 1. The zero-order chi connectivity index (χ0) is 21.1. The van der Waals surface area contributed by atoms with Gasteiger partial charge in [-0.05, 0) is 49.2 Å². The Morgan fingerprint density at radius 1 is 1.20 bits per heavy atom. The van der Waals surface area contributed by atoms with Crippen molar-refractivity contribution in [1.82, 2.24) is 0 Å². The first-order chi connectivity index (χ1) is 14.4. The van der Waals surface area contributed by atoms with Crippen LogP contribution in [0, 0.1) is 0 Å². The summed E-state index contributed by atoms with van der Waals surface area (Å²) < 4.78 is 12.3. The Labute approximate surface area is 182 Å². The van der Waals surface area contributed by atoms with Crippen molar-refractivity contribution in [2.24, 2.45) is 0 Å². The fraction of sp³-hybridized carbons (Fsp3) is 0.375. The number of amides is 1. The molecule has 0 bridgehead atoms. The number of ether oxygens (including phenoxy) is 2. The van der Waals surface area contributed by atoms with E-state index in [1.54, 1.807) is 12.1 Å². The number of quaternary nitrogens is 1. The number of carbonyl (C=O) groups is 1. The van der Waals surface area contributed by atoms with Crippen LogP contribution in [0.5, 0.6) is 5.75 Å². The fourth-order valence-corrected chi connectivity index (χ4v) is 4.26. The van der Waals surface area contributed by atoms with Crippen molar-refractivity contribution < 1.29 is 18.8 Å². The van der Waals surface area contributed by atoms with Gasteiger partial charge in [-0.2, -0.15) is 0 Å². The monoisotopic (exact) mass is 427 g/mol. The summed E-state index contributed by atoms with van der Waals surface area (Å²) in [7, 11) is 4.47. The third-order valence-corrected chi connectivity index (χ3v) is 5.76. The third kappa shape index (κ3) is 5.22. The van der Waals surface area contributed by atoms with Crippen LogP contribution in [-0.2, 0) is 16.1 Å². The first kappa shape index (κ1) is 20.9. The van der Waals surface area contributed by atoms with E-state index in [0.717, 1.165) is 47.6 Å². The molecular formula is C24H28ClN2O3+. The maximum atomic E-state index is 12.7. The second-order valence-electron chi connectivity index (χ2n) is 8.70. The van der Waals surface area contributed by atoms with Gasteiger partial charge >= 0.3 is 0 Å². The van der Waals surface area contributed by atoms with Gasteiger partial charge in [-0.1, -0.05) is 23.7 Å². The summed E-state index contributed by atoms with van der Waals surface area (Å²) in [5.74, 6) is 0.576. The minimum absolute atomic E-state index is 0.164. The second kappa shape index (κ2) is 8.80. The van der Waals surface area contributed by atoms with Crippen LogP contribution in [0.4, 0.5) is 5.69 Å². The number of fused-ring (bicyclic) bond motifs is 1. The highest BCUT2D eigenvalue weighted by Crippen LogP contribution is 2.29. The van der Waals surface area contributed by atoms with Gasteiger partial charge in [0.2, 0.25) is 0 Å². The zero-order valence-corrected chi connectivity index (χ0v) is 18.2. The Balaban J connectivity index is 1.37.